The SMILES string of the molecule is CCCCC/C=C/C/C=C/C/C=C/C/C=C/CCCCCC(=O)O[C@H](COC(=O)CCCCCCC/C=C/CCCCCCC)COP(=O)(O)OC[C@@H](O)CO. The largest absolute Gasteiger partial charge is 0.472 e. The maximum atomic E-state index is 12.6. The molecular formula is C45H79O10P. The molecule has 0 spiro atoms. The van der Waals surface area contributed by atoms with E-state index in [-0.39, 0.29) is 19.4 Å². The van der Waals surface area contributed by atoms with Crippen molar-refractivity contribution in [3.8, 4) is 0 Å². The van der Waals surface area contributed by atoms with Crippen molar-refractivity contribution in [2.75, 3.05) is 26.4 Å². The van der Waals surface area contributed by atoms with E-state index < -0.39 is 51.8 Å². The average molecular weight is 811 g/mol. The smallest absolute Gasteiger partial charge is 0.462 e. The van der Waals surface area contributed by atoms with Gasteiger partial charge in [-0.3, -0.25) is 18.6 Å². The van der Waals surface area contributed by atoms with Crippen molar-refractivity contribution in [3.05, 3.63) is 60.8 Å². The predicted molar refractivity (Wildman–Crippen MR) is 228 cm³/mol. The van der Waals surface area contributed by atoms with Gasteiger partial charge in [0.25, 0.3) is 0 Å². The summed E-state index contributed by atoms with van der Waals surface area (Å²) in [6.45, 7) is 2.29. The van der Waals surface area contributed by atoms with E-state index in [1.54, 1.807) is 0 Å². The Bertz CT molecular complexity index is 1120. The monoisotopic (exact) mass is 811 g/mol. The molecule has 324 valence electrons. The van der Waals surface area contributed by atoms with Gasteiger partial charge in [-0.25, -0.2) is 4.57 Å². The number of allylic oxidation sites excluding steroid dienone is 10. The highest BCUT2D eigenvalue weighted by Crippen LogP contribution is 2.43. The molecule has 0 aromatic rings. The normalized spacial score (nSPS) is 14.4. The third-order valence-corrected chi connectivity index (χ3v) is 9.85. The zero-order chi connectivity index (χ0) is 41.2. The number of hydrogen-bond acceptors (Lipinski definition) is 9. The summed E-state index contributed by atoms with van der Waals surface area (Å²) in [6, 6.07) is 0. The summed E-state index contributed by atoms with van der Waals surface area (Å²) < 4.78 is 32.7. The molecule has 1 unspecified atom stereocenters. The first kappa shape index (κ1) is 53.7. The lowest BCUT2D eigenvalue weighted by molar-refractivity contribution is -0.161. The Morgan fingerprint density at radius 2 is 0.929 bits per heavy atom. The highest BCUT2D eigenvalue weighted by atomic mass is 31.2. The number of aliphatic hydroxyl groups is 2. The molecule has 0 rings (SSSR count). The maximum absolute atomic E-state index is 12.6. The first-order chi connectivity index (χ1) is 27.2. The van der Waals surface area contributed by atoms with Gasteiger partial charge >= 0.3 is 19.8 Å². The van der Waals surface area contributed by atoms with Gasteiger partial charge in [-0.15, -0.1) is 0 Å². The van der Waals surface area contributed by atoms with E-state index in [0.717, 1.165) is 77.0 Å². The molecule has 0 aliphatic heterocycles. The molecule has 0 aromatic heterocycles. The molecule has 0 saturated heterocycles. The molecule has 0 aliphatic rings. The van der Waals surface area contributed by atoms with Gasteiger partial charge in [0.1, 0.15) is 12.7 Å². The Balaban J connectivity index is 4.39. The van der Waals surface area contributed by atoms with Gasteiger partial charge in [-0.05, 0) is 83.5 Å². The average Bonchev–Trinajstić information content (AvgIpc) is 3.19. The van der Waals surface area contributed by atoms with Crippen LogP contribution in [0.3, 0.4) is 0 Å². The van der Waals surface area contributed by atoms with Crippen LogP contribution in [-0.4, -0.2) is 65.7 Å². The van der Waals surface area contributed by atoms with E-state index in [4.69, 9.17) is 19.1 Å². The number of aliphatic hydroxyl groups excluding tert-OH is 2. The summed E-state index contributed by atoms with van der Waals surface area (Å²) >= 11 is 0. The van der Waals surface area contributed by atoms with Crippen molar-refractivity contribution >= 4 is 19.8 Å². The van der Waals surface area contributed by atoms with Gasteiger partial charge in [0, 0.05) is 12.8 Å². The second-order valence-corrected chi connectivity index (χ2v) is 15.8. The third kappa shape index (κ3) is 39.9. The fourth-order valence-corrected chi connectivity index (χ4v) is 6.29. The van der Waals surface area contributed by atoms with Gasteiger partial charge in [-0.2, -0.15) is 0 Å². The second kappa shape index (κ2) is 40.9. The zero-order valence-corrected chi connectivity index (χ0v) is 36.0. The molecule has 0 aromatic carbocycles. The number of hydrogen-bond donors (Lipinski definition) is 3. The van der Waals surface area contributed by atoms with E-state index in [0.29, 0.717) is 12.8 Å². The third-order valence-electron chi connectivity index (χ3n) is 8.89. The number of phosphoric acid groups is 1. The second-order valence-electron chi connectivity index (χ2n) is 14.4. The van der Waals surface area contributed by atoms with Gasteiger partial charge in [0.15, 0.2) is 6.10 Å². The molecule has 0 bridgehead atoms. The minimum Gasteiger partial charge on any atom is -0.462 e. The minimum absolute atomic E-state index is 0.143. The highest BCUT2D eigenvalue weighted by Gasteiger charge is 2.27. The van der Waals surface area contributed by atoms with Crippen molar-refractivity contribution < 1.29 is 47.8 Å². The Hall–Kier alpha value is -2.33. The fraction of sp³-hybridized carbons (Fsp3) is 0.733. The molecule has 0 radical (unpaired) electrons. The minimum atomic E-state index is -4.63. The van der Waals surface area contributed by atoms with E-state index in [9.17, 15) is 24.2 Å². The van der Waals surface area contributed by atoms with Crippen molar-refractivity contribution in [1.29, 1.82) is 0 Å². The molecule has 11 heteroatoms. The van der Waals surface area contributed by atoms with Crippen LogP contribution in [0.25, 0.3) is 0 Å². The topological polar surface area (TPSA) is 149 Å². The van der Waals surface area contributed by atoms with Crippen LogP contribution in [0.4, 0.5) is 0 Å². The molecule has 0 aliphatic carbocycles. The van der Waals surface area contributed by atoms with Crippen molar-refractivity contribution in [2.45, 2.75) is 187 Å². The van der Waals surface area contributed by atoms with E-state index >= 15 is 0 Å². The molecule has 10 nitrogen and oxygen atoms in total. The summed E-state index contributed by atoms with van der Waals surface area (Å²) in [5.74, 6) is -0.974. The molecule has 0 amide bonds. The quantitative estimate of drug-likeness (QED) is 0.0236. The van der Waals surface area contributed by atoms with Crippen LogP contribution in [0.2, 0.25) is 0 Å². The van der Waals surface area contributed by atoms with Crippen molar-refractivity contribution in [1.82, 2.24) is 0 Å². The first-order valence-corrected chi connectivity index (χ1v) is 23.2. The van der Waals surface area contributed by atoms with Crippen molar-refractivity contribution in [3.63, 3.8) is 0 Å². The maximum Gasteiger partial charge on any atom is 0.472 e. The van der Waals surface area contributed by atoms with Crippen molar-refractivity contribution in [2.24, 2.45) is 0 Å². The zero-order valence-electron chi connectivity index (χ0n) is 35.1. The lowest BCUT2D eigenvalue weighted by Crippen LogP contribution is -2.29. The number of esters is 2. The molecule has 3 N–H and O–H groups in total. The van der Waals surface area contributed by atoms with E-state index in [2.05, 4.69) is 79.1 Å². The van der Waals surface area contributed by atoms with Crippen LogP contribution in [0.5, 0.6) is 0 Å². The molecule has 56 heavy (non-hydrogen) atoms. The summed E-state index contributed by atoms with van der Waals surface area (Å²) in [7, 11) is -4.63. The number of rotatable bonds is 40. The van der Waals surface area contributed by atoms with Crippen LogP contribution in [0.1, 0.15) is 174 Å². The van der Waals surface area contributed by atoms with Crippen LogP contribution in [0, 0.1) is 0 Å². The highest BCUT2D eigenvalue weighted by molar-refractivity contribution is 7.47. The van der Waals surface area contributed by atoms with Gasteiger partial charge in [0.05, 0.1) is 19.8 Å². The first-order valence-electron chi connectivity index (χ1n) is 21.7. The van der Waals surface area contributed by atoms with Gasteiger partial charge < -0.3 is 24.6 Å². The van der Waals surface area contributed by atoms with E-state index in [1.807, 2.05) is 0 Å². The fourth-order valence-electron chi connectivity index (χ4n) is 5.50. The predicted octanol–water partition coefficient (Wildman–Crippen LogP) is 11.5. The molecular weight excluding hydrogens is 731 g/mol. The van der Waals surface area contributed by atoms with Crippen LogP contribution < -0.4 is 0 Å². The summed E-state index contributed by atoms with van der Waals surface area (Å²) in [4.78, 5) is 35.0. The summed E-state index contributed by atoms with van der Waals surface area (Å²) in [6.07, 6.45) is 44.7. The molecule has 0 fully saturated rings. The Morgan fingerprint density at radius 3 is 1.46 bits per heavy atom. The standard InChI is InChI=1S/C45H79O10P/c1-3-5-7-9-11-13-15-17-19-20-21-22-23-25-27-29-31-33-35-37-45(49)55-43(41-54-56(50,51)53-39-42(47)38-46)40-52-44(48)36-34-32-30-28-26-24-18-16-14-12-10-8-6-4-2/h11,13,16-19,21-22,25,27,42-43,46-47H,3-10,12,14-15,20,23-24,26,28-41H2,1-2H3,(H,50,51)/b13-11+,18-16+,19-17+,22-21+,27-25+/t42-,43+/m0/s1. The number of carbonyl (C=O) groups excluding carboxylic acids is 2. The van der Waals surface area contributed by atoms with Crippen LogP contribution >= 0.6 is 7.82 Å². The number of carbonyl (C=O) groups is 2. The number of phosphoric ester groups is 1. The number of unbranched alkanes of at least 4 members (excludes halogenated alkanes) is 16. The molecule has 0 heterocycles. The number of ether oxygens (including phenoxy) is 2. The Labute approximate surface area is 340 Å². The molecule has 0 saturated carbocycles. The Kier molecular flexibility index (Phi) is 39.2. The van der Waals surface area contributed by atoms with E-state index in [1.165, 1.54) is 57.8 Å². The lowest BCUT2D eigenvalue weighted by Gasteiger charge is -2.20. The van der Waals surface area contributed by atoms with Crippen LogP contribution in [0.15, 0.2) is 60.8 Å². The summed E-state index contributed by atoms with van der Waals surface area (Å²) in [5, 5.41) is 18.3. The lowest BCUT2D eigenvalue weighted by atomic mass is 10.1. The van der Waals surface area contributed by atoms with Crippen LogP contribution in [-0.2, 0) is 32.7 Å². The molecule has 3 atom stereocenters. The van der Waals surface area contributed by atoms with Gasteiger partial charge in [0.2, 0.25) is 0 Å². The Morgan fingerprint density at radius 1 is 0.536 bits per heavy atom. The van der Waals surface area contributed by atoms with Gasteiger partial charge in [-0.1, -0.05) is 139 Å². The summed E-state index contributed by atoms with van der Waals surface area (Å²) in [5.41, 5.74) is 0.